The van der Waals surface area contributed by atoms with Gasteiger partial charge in [0.15, 0.2) is 0 Å². The molecule has 1 unspecified atom stereocenters. The molecule has 0 fully saturated rings. The van der Waals surface area contributed by atoms with Crippen LogP contribution in [0.1, 0.15) is 76.1 Å². The van der Waals surface area contributed by atoms with E-state index in [1.54, 1.807) is 0 Å². The Hall–Kier alpha value is -8.14. The van der Waals surface area contributed by atoms with Gasteiger partial charge in [-0.1, -0.05) is 198 Å². The molecule has 8 aromatic carbocycles. The predicted octanol–water partition coefficient (Wildman–Crippen LogP) is 20.6. The van der Waals surface area contributed by atoms with Gasteiger partial charge in [-0.2, -0.15) is 0 Å². The van der Waals surface area contributed by atoms with Gasteiger partial charge in [-0.25, -0.2) is 0 Å². The molecule has 3 heteroatoms. The molecule has 0 saturated carbocycles. The van der Waals surface area contributed by atoms with Gasteiger partial charge in [-0.05, 0) is 145 Å². The summed E-state index contributed by atoms with van der Waals surface area (Å²) in [6, 6.07) is 58.8. The summed E-state index contributed by atoms with van der Waals surface area (Å²) >= 11 is 0. The summed E-state index contributed by atoms with van der Waals surface area (Å²) in [5.41, 5.74) is 20.0. The van der Waals surface area contributed by atoms with Crippen molar-refractivity contribution in [1.29, 1.82) is 0 Å². The van der Waals surface area contributed by atoms with Crippen LogP contribution in [0.3, 0.4) is 0 Å². The number of rotatable bonds is 9. The summed E-state index contributed by atoms with van der Waals surface area (Å²) in [5.74, 6) is 0. The number of benzene rings is 8. The lowest BCUT2D eigenvalue weighted by atomic mass is 9.73. The highest BCUT2D eigenvalue weighted by Crippen LogP contribution is 2.45. The summed E-state index contributed by atoms with van der Waals surface area (Å²) in [6.45, 7) is 19.3. The van der Waals surface area contributed by atoms with Crippen molar-refractivity contribution >= 4 is 71.3 Å². The first-order valence-corrected chi connectivity index (χ1v) is 26.1. The zero-order valence-corrected chi connectivity index (χ0v) is 43.4. The molecule has 1 aliphatic carbocycles. The molecule has 0 N–H and O–H groups in total. The van der Waals surface area contributed by atoms with Crippen LogP contribution in [0.25, 0.3) is 99.2 Å². The Balaban J connectivity index is 0.000000285. The van der Waals surface area contributed by atoms with Crippen LogP contribution in [0, 0.1) is 19.3 Å². The molecule has 0 amide bonds. The SMILES string of the molecule is C=C/C=C(\C/C=C\C)C1(C)C=CC(c2ccc(-n3c4ccccc4c4c(-c5cc(-c6cccc7oc8ccccc8c67)ccc5C)c(C)ccc43)cc2)=CC1.CCC.CCc1ccc2c(c1)oc1ccccc12. The van der Waals surface area contributed by atoms with Crippen LogP contribution >= 0.6 is 0 Å². The van der Waals surface area contributed by atoms with Crippen LogP contribution in [0.2, 0.25) is 0 Å². The van der Waals surface area contributed by atoms with E-state index in [-0.39, 0.29) is 5.41 Å². The number of hydrogen-bond donors (Lipinski definition) is 0. The zero-order chi connectivity index (χ0) is 50.6. The molecule has 0 spiro atoms. The van der Waals surface area contributed by atoms with E-state index in [1.807, 2.05) is 30.3 Å². The number of fused-ring (bicyclic) bond motifs is 9. The quantitative estimate of drug-likeness (QED) is 0.107. The first-order valence-electron chi connectivity index (χ1n) is 26.1. The smallest absolute Gasteiger partial charge is 0.136 e. The summed E-state index contributed by atoms with van der Waals surface area (Å²) < 4.78 is 14.5. The van der Waals surface area contributed by atoms with Gasteiger partial charge in [-0.15, -0.1) is 0 Å². The van der Waals surface area contributed by atoms with E-state index in [0.717, 1.165) is 58.1 Å². The first kappa shape index (κ1) is 48.5. The maximum atomic E-state index is 6.29. The fraction of sp³-hybridized carbons (Fsp3) is 0.171. The minimum atomic E-state index is -0.0191. The van der Waals surface area contributed by atoms with Gasteiger partial charge in [0.2, 0.25) is 0 Å². The van der Waals surface area contributed by atoms with Gasteiger partial charge in [0.1, 0.15) is 22.3 Å². The van der Waals surface area contributed by atoms with E-state index in [1.165, 1.54) is 94.7 Å². The van der Waals surface area contributed by atoms with Gasteiger partial charge < -0.3 is 13.4 Å². The van der Waals surface area contributed by atoms with Crippen LogP contribution in [0.5, 0.6) is 0 Å². The summed E-state index contributed by atoms with van der Waals surface area (Å²) in [4.78, 5) is 0. The zero-order valence-electron chi connectivity index (χ0n) is 43.4. The molecular weight excluding hydrogens is 887 g/mol. The maximum Gasteiger partial charge on any atom is 0.136 e. The van der Waals surface area contributed by atoms with Crippen LogP contribution < -0.4 is 0 Å². The van der Waals surface area contributed by atoms with Crippen molar-refractivity contribution < 1.29 is 8.83 Å². The number of allylic oxidation sites excluding steroid dienone is 9. The van der Waals surface area contributed by atoms with Gasteiger partial charge >= 0.3 is 0 Å². The average molecular weight is 952 g/mol. The third kappa shape index (κ3) is 9.21. The molecule has 3 nitrogen and oxygen atoms in total. The molecule has 0 aliphatic heterocycles. The van der Waals surface area contributed by atoms with E-state index in [4.69, 9.17) is 8.83 Å². The summed E-state index contributed by atoms with van der Waals surface area (Å²) in [5, 5.41) is 7.26. The molecule has 0 bridgehead atoms. The van der Waals surface area contributed by atoms with Crippen LogP contribution in [-0.2, 0) is 6.42 Å². The molecule has 12 rings (SSSR count). The molecule has 73 heavy (non-hydrogen) atoms. The average Bonchev–Trinajstić information content (AvgIpc) is 4.10. The lowest BCUT2D eigenvalue weighted by Gasteiger charge is -2.31. The molecular formula is C70H65NO2. The number of aryl methyl sites for hydroxylation is 3. The van der Waals surface area contributed by atoms with Crippen molar-refractivity contribution in [2.45, 2.75) is 74.1 Å². The second-order valence-electron chi connectivity index (χ2n) is 19.7. The van der Waals surface area contributed by atoms with E-state index in [9.17, 15) is 0 Å². The Kier molecular flexibility index (Phi) is 13.9. The highest BCUT2D eigenvalue weighted by molar-refractivity contribution is 6.17. The number of aromatic nitrogens is 1. The molecule has 1 aliphatic rings. The highest BCUT2D eigenvalue weighted by Gasteiger charge is 2.27. The topological polar surface area (TPSA) is 31.2 Å². The number of furan rings is 2. The maximum absolute atomic E-state index is 6.29. The predicted molar refractivity (Wildman–Crippen MR) is 315 cm³/mol. The Morgan fingerprint density at radius 3 is 2.00 bits per heavy atom. The highest BCUT2D eigenvalue weighted by atomic mass is 16.3. The Labute approximate surface area is 430 Å². The fourth-order valence-corrected chi connectivity index (χ4v) is 10.7. The van der Waals surface area contributed by atoms with Gasteiger partial charge in [0, 0.05) is 43.4 Å². The second-order valence-corrected chi connectivity index (χ2v) is 19.7. The van der Waals surface area contributed by atoms with E-state index in [0.29, 0.717) is 0 Å². The molecule has 3 aromatic heterocycles. The van der Waals surface area contributed by atoms with Crippen molar-refractivity contribution in [2.75, 3.05) is 0 Å². The lowest BCUT2D eigenvalue weighted by Crippen LogP contribution is -2.17. The van der Waals surface area contributed by atoms with Crippen molar-refractivity contribution in [3.05, 3.63) is 241 Å². The van der Waals surface area contributed by atoms with Gasteiger partial charge in [0.05, 0.1) is 11.0 Å². The lowest BCUT2D eigenvalue weighted by molar-refractivity contribution is 0.509. The molecule has 0 radical (unpaired) electrons. The number of nitrogens with zero attached hydrogens (tertiary/aromatic N) is 1. The normalized spacial score (nSPS) is 14.8. The number of para-hydroxylation sites is 3. The van der Waals surface area contributed by atoms with E-state index >= 15 is 0 Å². The third-order valence-corrected chi connectivity index (χ3v) is 14.6. The van der Waals surface area contributed by atoms with Crippen molar-refractivity contribution in [1.82, 2.24) is 4.57 Å². The largest absolute Gasteiger partial charge is 0.456 e. The van der Waals surface area contributed by atoms with Crippen molar-refractivity contribution in [2.24, 2.45) is 5.41 Å². The monoisotopic (exact) mass is 952 g/mol. The van der Waals surface area contributed by atoms with Crippen LogP contribution in [-0.4, -0.2) is 4.57 Å². The minimum Gasteiger partial charge on any atom is -0.456 e. The van der Waals surface area contributed by atoms with Crippen molar-refractivity contribution in [3.8, 4) is 27.9 Å². The second kappa shape index (κ2) is 20.9. The molecule has 11 aromatic rings. The molecule has 0 saturated heterocycles. The standard InChI is InChI=1S/C53H45NO.C14H12O.C3H8/c1-6-8-15-40(14-7-2)53(5)32-30-38(31-33-53)37-25-27-41(28-26-37)54-46-19-11-9-16-43(46)52-47(54)29-23-36(4)50(52)45-34-39(24-22-35(45)3)42-18-13-21-49-51(42)44-17-10-12-20-48(44)55-49;1-2-10-7-8-12-11-5-3-4-6-13(11)15-14(12)9-10;1-3-2/h6-14,16-32,34H,2,15,33H2,1,3-5H3;3-9H,2H2,1H3;3H2,1-2H3/b8-6-,40-14+;;. The molecule has 1 atom stereocenters. The third-order valence-electron chi connectivity index (χ3n) is 14.6. The van der Waals surface area contributed by atoms with E-state index in [2.05, 4.69) is 236 Å². The Morgan fingerprint density at radius 1 is 0.616 bits per heavy atom. The van der Waals surface area contributed by atoms with Crippen LogP contribution in [0.15, 0.2) is 227 Å². The Morgan fingerprint density at radius 2 is 1.27 bits per heavy atom. The summed E-state index contributed by atoms with van der Waals surface area (Å²) in [7, 11) is 0. The molecule has 3 heterocycles. The van der Waals surface area contributed by atoms with Crippen LogP contribution in [0.4, 0.5) is 0 Å². The van der Waals surface area contributed by atoms with E-state index < -0.39 is 0 Å². The number of hydrogen-bond acceptors (Lipinski definition) is 2. The minimum absolute atomic E-state index is 0.0191. The first-order chi connectivity index (χ1) is 35.7. The summed E-state index contributed by atoms with van der Waals surface area (Å²) in [6.07, 6.45) is 19.7. The van der Waals surface area contributed by atoms with Gasteiger partial charge in [-0.3, -0.25) is 0 Å². The fourth-order valence-electron chi connectivity index (χ4n) is 10.7. The van der Waals surface area contributed by atoms with Gasteiger partial charge in [0.25, 0.3) is 0 Å². The van der Waals surface area contributed by atoms with Crippen molar-refractivity contribution in [3.63, 3.8) is 0 Å². The Bertz CT molecular complexity index is 3950. The molecule has 362 valence electrons.